The number of hydrogen-bond acceptors (Lipinski definition) is 2. The van der Waals surface area contributed by atoms with Gasteiger partial charge in [-0.3, -0.25) is 0 Å². The van der Waals surface area contributed by atoms with Gasteiger partial charge >= 0.3 is 0 Å². The minimum Gasteiger partial charge on any atom is -0.389 e. The Kier molecular flexibility index (Phi) is 2.09. The molecule has 3 rings (SSSR count). The molecule has 0 saturated heterocycles. The summed E-state index contributed by atoms with van der Waals surface area (Å²) in [6, 6.07) is 0. The quantitative estimate of drug-likeness (QED) is 0.756. The van der Waals surface area contributed by atoms with E-state index in [9.17, 15) is 10.2 Å². The number of aliphatic hydroxyl groups is 2. The van der Waals surface area contributed by atoms with Crippen LogP contribution in [0.15, 0.2) is 0 Å². The van der Waals surface area contributed by atoms with Crippen LogP contribution in [0.4, 0.5) is 0 Å². The van der Waals surface area contributed by atoms with Crippen LogP contribution < -0.4 is 0 Å². The Balaban J connectivity index is 2.10. The van der Waals surface area contributed by atoms with E-state index in [2.05, 4.69) is 6.92 Å². The minimum absolute atomic E-state index is 0.183. The first-order chi connectivity index (χ1) is 7.48. The van der Waals surface area contributed by atoms with Crippen molar-refractivity contribution in [2.75, 3.05) is 0 Å². The second kappa shape index (κ2) is 3.02. The molecule has 3 saturated carbocycles. The van der Waals surface area contributed by atoms with Crippen molar-refractivity contribution >= 4 is 0 Å². The van der Waals surface area contributed by atoms with Gasteiger partial charge in [-0.15, -0.1) is 0 Å². The zero-order valence-corrected chi connectivity index (χ0v) is 10.5. The van der Waals surface area contributed by atoms with Crippen molar-refractivity contribution in [1.82, 2.24) is 0 Å². The molecule has 5 unspecified atom stereocenters. The summed E-state index contributed by atoms with van der Waals surface area (Å²) in [6.45, 7) is 4.02. The molecule has 2 bridgehead atoms. The zero-order valence-electron chi connectivity index (χ0n) is 10.5. The van der Waals surface area contributed by atoms with Gasteiger partial charge in [-0.05, 0) is 63.7 Å². The van der Waals surface area contributed by atoms with Crippen LogP contribution >= 0.6 is 0 Å². The van der Waals surface area contributed by atoms with E-state index in [1.54, 1.807) is 0 Å². The van der Waals surface area contributed by atoms with Gasteiger partial charge in [0.15, 0.2) is 0 Å². The predicted octanol–water partition coefficient (Wildman–Crippen LogP) is 2.48. The first kappa shape index (κ1) is 11.0. The van der Waals surface area contributed by atoms with Crippen LogP contribution in [0.3, 0.4) is 0 Å². The van der Waals surface area contributed by atoms with Crippen molar-refractivity contribution in [1.29, 1.82) is 0 Å². The third-order valence-corrected chi connectivity index (χ3v) is 6.36. The average molecular weight is 224 g/mol. The van der Waals surface area contributed by atoms with E-state index >= 15 is 0 Å². The lowest BCUT2D eigenvalue weighted by atomic mass is 9.56. The van der Waals surface area contributed by atoms with Gasteiger partial charge < -0.3 is 10.2 Å². The standard InChI is InChI=1S/C14H24O2/c1-3-12(2,15)13-7-4-8-14(13,16)11-6-5-10(13)9-11/h10-11,15-16H,3-9H2,1-2H3. The summed E-state index contributed by atoms with van der Waals surface area (Å²) in [5, 5.41) is 21.9. The van der Waals surface area contributed by atoms with Gasteiger partial charge in [-0.2, -0.15) is 0 Å². The molecule has 0 aliphatic heterocycles. The van der Waals surface area contributed by atoms with E-state index in [-0.39, 0.29) is 5.41 Å². The number of fused-ring (bicyclic) bond motifs is 5. The van der Waals surface area contributed by atoms with Gasteiger partial charge in [-0.1, -0.05) is 6.92 Å². The van der Waals surface area contributed by atoms with Crippen LogP contribution in [0.1, 0.15) is 58.8 Å². The molecule has 16 heavy (non-hydrogen) atoms. The van der Waals surface area contributed by atoms with Gasteiger partial charge in [0.2, 0.25) is 0 Å². The Hall–Kier alpha value is -0.0800. The highest BCUT2D eigenvalue weighted by atomic mass is 16.3. The van der Waals surface area contributed by atoms with Gasteiger partial charge in [0.1, 0.15) is 0 Å². The third kappa shape index (κ3) is 0.932. The van der Waals surface area contributed by atoms with E-state index in [0.29, 0.717) is 11.8 Å². The molecule has 3 fully saturated rings. The van der Waals surface area contributed by atoms with Crippen LogP contribution in [-0.4, -0.2) is 21.4 Å². The molecule has 0 spiro atoms. The molecule has 0 aromatic rings. The molecular formula is C14H24O2. The molecule has 92 valence electrons. The van der Waals surface area contributed by atoms with E-state index in [1.807, 2.05) is 6.92 Å². The Bertz CT molecular complexity index is 312. The Labute approximate surface area is 98.1 Å². The summed E-state index contributed by atoms with van der Waals surface area (Å²) in [5.41, 5.74) is -1.41. The second-order valence-corrected chi connectivity index (χ2v) is 6.58. The Morgan fingerprint density at radius 1 is 1.25 bits per heavy atom. The molecule has 3 aliphatic carbocycles. The first-order valence-corrected chi connectivity index (χ1v) is 6.93. The largest absolute Gasteiger partial charge is 0.389 e. The summed E-state index contributed by atoms with van der Waals surface area (Å²) in [5.74, 6) is 1.04. The van der Waals surface area contributed by atoms with E-state index in [0.717, 1.165) is 32.1 Å². The lowest BCUT2D eigenvalue weighted by Gasteiger charge is -2.54. The molecule has 0 radical (unpaired) electrons. The normalized spacial score (nSPS) is 54.0. The summed E-state index contributed by atoms with van der Waals surface area (Å²) in [6.07, 6.45) is 7.38. The maximum atomic E-state index is 11.1. The number of hydrogen-bond donors (Lipinski definition) is 2. The summed E-state index contributed by atoms with van der Waals surface area (Å²) < 4.78 is 0. The van der Waals surface area contributed by atoms with Crippen molar-refractivity contribution in [3.05, 3.63) is 0 Å². The van der Waals surface area contributed by atoms with Gasteiger partial charge in [0.25, 0.3) is 0 Å². The molecule has 0 aromatic carbocycles. The Morgan fingerprint density at radius 2 is 1.94 bits per heavy atom. The second-order valence-electron chi connectivity index (χ2n) is 6.58. The maximum absolute atomic E-state index is 11.1. The van der Waals surface area contributed by atoms with Gasteiger partial charge in [0, 0.05) is 5.41 Å². The fraction of sp³-hybridized carbons (Fsp3) is 1.00. The summed E-state index contributed by atoms with van der Waals surface area (Å²) in [4.78, 5) is 0. The summed E-state index contributed by atoms with van der Waals surface area (Å²) >= 11 is 0. The van der Waals surface area contributed by atoms with Crippen LogP contribution in [0, 0.1) is 17.3 Å². The topological polar surface area (TPSA) is 40.5 Å². The van der Waals surface area contributed by atoms with Crippen molar-refractivity contribution in [2.45, 2.75) is 70.0 Å². The van der Waals surface area contributed by atoms with Crippen molar-refractivity contribution in [3.63, 3.8) is 0 Å². The van der Waals surface area contributed by atoms with Crippen LogP contribution in [-0.2, 0) is 0 Å². The van der Waals surface area contributed by atoms with Crippen molar-refractivity contribution in [2.24, 2.45) is 17.3 Å². The highest BCUT2D eigenvalue weighted by Gasteiger charge is 2.73. The SMILES string of the molecule is CCC(C)(O)C12CCCC1(O)C1CCC2C1. The molecule has 0 aromatic heterocycles. The number of rotatable bonds is 2. The van der Waals surface area contributed by atoms with Gasteiger partial charge in [0.05, 0.1) is 11.2 Å². The smallest absolute Gasteiger partial charge is 0.0761 e. The van der Waals surface area contributed by atoms with Crippen molar-refractivity contribution in [3.8, 4) is 0 Å². The fourth-order valence-electron chi connectivity index (χ4n) is 5.56. The molecule has 3 aliphatic rings. The molecule has 0 heterocycles. The van der Waals surface area contributed by atoms with Crippen LogP contribution in [0.2, 0.25) is 0 Å². The van der Waals surface area contributed by atoms with Gasteiger partial charge in [-0.25, -0.2) is 0 Å². The molecule has 2 nitrogen and oxygen atoms in total. The highest BCUT2D eigenvalue weighted by Crippen LogP contribution is 2.72. The molecule has 0 amide bonds. The van der Waals surface area contributed by atoms with Crippen LogP contribution in [0.25, 0.3) is 0 Å². The van der Waals surface area contributed by atoms with Crippen molar-refractivity contribution < 1.29 is 10.2 Å². The van der Waals surface area contributed by atoms with E-state index < -0.39 is 11.2 Å². The predicted molar refractivity (Wildman–Crippen MR) is 63.0 cm³/mol. The lowest BCUT2D eigenvalue weighted by molar-refractivity contribution is -0.199. The average Bonchev–Trinajstić information content (AvgIpc) is 2.86. The highest BCUT2D eigenvalue weighted by molar-refractivity contribution is 5.23. The summed E-state index contributed by atoms with van der Waals surface area (Å²) in [7, 11) is 0. The maximum Gasteiger partial charge on any atom is 0.0761 e. The lowest BCUT2D eigenvalue weighted by Crippen LogP contribution is -2.60. The Morgan fingerprint density at radius 3 is 2.62 bits per heavy atom. The third-order valence-electron chi connectivity index (χ3n) is 6.36. The minimum atomic E-state index is -0.682. The first-order valence-electron chi connectivity index (χ1n) is 6.93. The molecule has 2 heteroatoms. The molecular weight excluding hydrogens is 200 g/mol. The zero-order chi connectivity index (χ0) is 11.6. The van der Waals surface area contributed by atoms with Crippen LogP contribution in [0.5, 0.6) is 0 Å². The monoisotopic (exact) mass is 224 g/mol. The fourth-order valence-corrected chi connectivity index (χ4v) is 5.56. The molecule has 2 N–H and O–H groups in total. The molecule has 5 atom stereocenters. The van der Waals surface area contributed by atoms with E-state index in [4.69, 9.17) is 0 Å². The van der Waals surface area contributed by atoms with E-state index in [1.165, 1.54) is 12.8 Å².